The van der Waals surface area contributed by atoms with Crippen molar-refractivity contribution < 1.29 is 9.63 Å². The molecule has 0 saturated carbocycles. The van der Waals surface area contributed by atoms with Crippen LogP contribution in [0.15, 0.2) is 66.1 Å². The first kappa shape index (κ1) is 18.5. The molecule has 27 heavy (non-hydrogen) atoms. The van der Waals surface area contributed by atoms with Crippen LogP contribution in [-0.4, -0.2) is 23.3 Å². The van der Waals surface area contributed by atoms with E-state index < -0.39 is 0 Å². The Morgan fingerprint density at radius 3 is 2.41 bits per heavy atom. The smallest absolute Gasteiger partial charge is 0.257 e. The van der Waals surface area contributed by atoms with Crippen LogP contribution in [0.4, 0.5) is 5.69 Å². The lowest BCUT2D eigenvalue weighted by Crippen LogP contribution is -2.13. The number of anilines is 1. The average Bonchev–Trinajstić information content (AvgIpc) is 3.01. The predicted octanol–water partition coefficient (Wildman–Crippen LogP) is 4.62. The highest BCUT2D eigenvalue weighted by molar-refractivity contribution is 6.07. The number of benzene rings is 2. The minimum absolute atomic E-state index is 0.111. The molecule has 3 aromatic rings. The van der Waals surface area contributed by atoms with Gasteiger partial charge in [-0.05, 0) is 36.6 Å². The van der Waals surface area contributed by atoms with Crippen molar-refractivity contribution in [1.82, 2.24) is 4.57 Å². The highest BCUT2D eigenvalue weighted by Crippen LogP contribution is 2.29. The van der Waals surface area contributed by atoms with Gasteiger partial charge in [0.05, 0.1) is 11.3 Å². The van der Waals surface area contributed by atoms with Gasteiger partial charge in [0.15, 0.2) is 0 Å². The van der Waals surface area contributed by atoms with Crippen LogP contribution in [0.1, 0.15) is 28.4 Å². The van der Waals surface area contributed by atoms with Gasteiger partial charge in [0.2, 0.25) is 0 Å². The fourth-order valence-electron chi connectivity index (χ4n) is 3.07. The molecule has 0 fully saturated rings. The van der Waals surface area contributed by atoms with Gasteiger partial charge < -0.3 is 14.7 Å². The molecule has 5 nitrogen and oxygen atoms in total. The third-order valence-corrected chi connectivity index (χ3v) is 4.42. The lowest BCUT2D eigenvalue weighted by atomic mass is 10.0. The van der Waals surface area contributed by atoms with Gasteiger partial charge in [0.1, 0.15) is 7.11 Å². The number of nitrogens with zero attached hydrogens (tertiary/aromatic N) is 2. The Bertz CT molecular complexity index is 985. The molecule has 0 saturated heterocycles. The molecule has 0 radical (unpaired) electrons. The van der Waals surface area contributed by atoms with E-state index in [9.17, 15) is 4.79 Å². The molecule has 5 heteroatoms. The summed E-state index contributed by atoms with van der Waals surface area (Å²) in [6, 6.07) is 15.8. The largest absolute Gasteiger partial charge is 0.399 e. The highest BCUT2D eigenvalue weighted by Gasteiger charge is 2.13. The summed E-state index contributed by atoms with van der Waals surface area (Å²) < 4.78 is 1.89. The number of aryl methyl sites for hydroxylation is 2. The maximum Gasteiger partial charge on any atom is 0.257 e. The van der Waals surface area contributed by atoms with E-state index in [1.165, 1.54) is 7.11 Å². The summed E-state index contributed by atoms with van der Waals surface area (Å²) in [4.78, 5) is 17.5. The molecular weight excluding hydrogens is 338 g/mol. The number of carbonyl (C=O) groups excluding carboxylic acids is 1. The second-order valence-electron chi connectivity index (χ2n) is 6.46. The minimum Gasteiger partial charge on any atom is -0.399 e. The summed E-state index contributed by atoms with van der Waals surface area (Å²) in [6.07, 6.45) is 3.77. The van der Waals surface area contributed by atoms with Crippen molar-refractivity contribution in [1.29, 1.82) is 0 Å². The quantitative estimate of drug-likeness (QED) is 0.532. The van der Waals surface area contributed by atoms with Gasteiger partial charge in [-0.2, -0.15) is 0 Å². The van der Waals surface area contributed by atoms with Crippen molar-refractivity contribution in [3.05, 3.63) is 77.6 Å². The second kappa shape index (κ2) is 7.91. The summed E-state index contributed by atoms with van der Waals surface area (Å²) >= 11 is 0. The molecule has 0 aliphatic rings. The molecule has 0 atom stereocenters. The molecule has 3 rings (SSSR count). The Labute approximate surface area is 159 Å². The molecule has 0 spiro atoms. The molecule has 1 heterocycles. The van der Waals surface area contributed by atoms with Crippen LogP contribution in [-0.2, 0) is 11.9 Å². The first-order valence-corrected chi connectivity index (χ1v) is 8.71. The SMILES string of the molecule is CO/N=C(\C)c1ccc(-c2ccccc2NC(=O)c2cn(C)cc2C)cc1. The topological polar surface area (TPSA) is 55.6 Å². The summed E-state index contributed by atoms with van der Waals surface area (Å²) in [5.41, 5.74) is 6.18. The number of hydrogen-bond donors (Lipinski definition) is 1. The van der Waals surface area contributed by atoms with Crippen molar-refractivity contribution in [3.63, 3.8) is 0 Å². The number of amides is 1. The monoisotopic (exact) mass is 361 g/mol. The first-order valence-electron chi connectivity index (χ1n) is 8.71. The van der Waals surface area contributed by atoms with Crippen LogP contribution in [0.5, 0.6) is 0 Å². The van der Waals surface area contributed by atoms with Crippen LogP contribution in [0.2, 0.25) is 0 Å². The van der Waals surface area contributed by atoms with Crippen LogP contribution in [0, 0.1) is 6.92 Å². The van der Waals surface area contributed by atoms with E-state index in [-0.39, 0.29) is 5.91 Å². The van der Waals surface area contributed by atoms with Crippen molar-refractivity contribution >= 4 is 17.3 Å². The van der Waals surface area contributed by atoms with E-state index in [2.05, 4.69) is 10.5 Å². The molecule has 1 N–H and O–H groups in total. The van der Waals surface area contributed by atoms with Gasteiger partial charge >= 0.3 is 0 Å². The van der Waals surface area contributed by atoms with Crippen LogP contribution < -0.4 is 5.32 Å². The van der Waals surface area contributed by atoms with E-state index in [0.29, 0.717) is 5.56 Å². The molecule has 1 amide bonds. The minimum atomic E-state index is -0.111. The van der Waals surface area contributed by atoms with Crippen LogP contribution in [0.3, 0.4) is 0 Å². The van der Waals surface area contributed by atoms with Crippen LogP contribution >= 0.6 is 0 Å². The van der Waals surface area contributed by atoms with Crippen molar-refractivity contribution in [2.24, 2.45) is 12.2 Å². The van der Waals surface area contributed by atoms with E-state index in [0.717, 1.165) is 33.7 Å². The number of oxime groups is 1. The van der Waals surface area contributed by atoms with Crippen LogP contribution in [0.25, 0.3) is 11.1 Å². The van der Waals surface area contributed by atoms with E-state index in [1.807, 2.05) is 86.4 Å². The van der Waals surface area contributed by atoms with E-state index >= 15 is 0 Å². The number of aromatic nitrogens is 1. The zero-order valence-electron chi connectivity index (χ0n) is 16.0. The highest BCUT2D eigenvalue weighted by atomic mass is 16.6. The zero-order valence-corrected chi connectivity index (χ0v) is 16.0. The molecule has 1 aromatic heterocycles. The molecule has 0 aliphatic heterocycles. The molecule has 0 unspecified atom stereocenters. The third kappa shape index (κ3) is 4.08. The molecular formula is C22H23N3O2. The van der Waals surface area contributed by atoms with E-state index in [4.69, 9.17) is 4.84 Å². The van der Waals surface area contributed by atoms with Gasteiger partial charge in [-0.25, -0.2) is 0 Å². The molecule has 2 aromatic carbocycles. The fourth-order valence-corrected chi connectivity index (χ4v) is 3.07. The van der Waals surface area contributed by atoms with Gasteiger partial charge in [0, 0.05) is 30.7 Å². The zero-order chi connectivity index (χ0) is 19.4. The lowest BCUT2D eigenvalue weighted by molar-refractivity contribution is 0.102. The Morgan fingerprint density at radius 1 is 1.07 bits per heavy atom. The fraction of sp³-hybridized carbons (Fsp3) is 0.182. The predicted molar refractivity (Wildman–Crippen MR) is 109 cm³/mol. The van der Waals surface area contributed by atoms with Crippen molar-refractivity contribution in [3.8, 4) is 11.1 Å². The number of para-hydroxylation sites is 1. The standard InChI is InChI=1S/C22H23N3O2/c1-15-13-25(3)14-20(15)22(26)23-21-8-6-5-7-19(21)18-11-9-17(10-12-18)16(2)24-27-4/h5-14H,1-4H3,(H,23,26)/b24-16+. The van der Waals surface area contributed by atoms with Gasteiger partial charge in [0.25, 0.3) is 5.91 Å². The average molecular weight is 361 g/mol. The third-order valence-electron chi connectivity index (χ3n) is 4.42. The summed E-state index contributed by atoms with van der Waals surface area (Å²) in [7, 11) is 3.44. The van der Waals surface area contributed by atoms with Gasteiger partial charge in [-0.15, -0.1) is 0 Å². The maximum absolute atomic E-state index is 12.7. The van der Waals surface area contributed by atoms with Crippen molar-refractivity contribution in [2.75, 3.05) is 12.4 Å². The summed E-state index contributed by atoms with van der Waals surface area (Å²) in [5.74, 6) is -0.111. The number of carbonyl (C=O) groups is 1. The Morgan fingerprint density at radius 2 is 1.78 bits per heavy atom. The van der Waals surface area contributed by atoms with Gasteiger partial charge in [-0.3, -0.25) is 4.79 Å². The lowest BCUT2D eigenvalue weighted by Gasteiger charge is -2.12. The Balaban J connectivity index is 1.89. The molecule has 138 valence electrons. The number of nitrogens with one attached hydrogen (secondary N) is 1. The number of hydrogen-bond acceptors (Lipinski definition) is 3. The normalized spacial score (nSPS) is 11.3. The number of rotatable bonds is 5. The summed E-state index contributed by atoms with van der Waals surface area (Å²) in [5, 5.41) is 7.00. The molecule has 0 bridgehead atoms. The second-order valence-corrected chi connectivity index (χ2v) is 6.46. The Kier molecular flexibility index (Phi) is 5.41. The summed E-state index contributed by atoms with van der Waals surface area (Å²) in [6.45, 7) is 3.83. The van der Waals surface area contributed by atoms with Crippen molar-refractivity contribution in [2.45, 2.75) is 13.8 Å². The van der Waals surface area contributed by atoms with E-state index in [1.54, 1.807) is 0 Å². The first-order chi connectivity index (χ1) is 13.0. The maximum atomic E-state index is 12.7. The Hall–Kier alpha value is -3.34. The molecule has 0 aliphatic carbocycles. The van der Waals surface area contributed by atoms with Gasteiger partial charge in [-0.1, -0.05) is 47.6 Å².